The summed E-state index contributed by atoms with van der Waals surface area (Å²) in [6.45, 7) is 3.57. The number of hydrogen-bond acceptors (Lipinski definition) is 2. The molecular formula is C19H20FNO2. The summed E-state index contributed by atoms with van der Waals surface area (Å²) in [7, 11) is 0. The molecule has 4 heteroatoms. The summed E-state index contributed by atoms with van der Waals surface area (Å²) >= 11 is 0. The van der Waals surface area contributed by atoms with Crippen molar-refractivity contribution in [3.63, 3.8) is 0 Å². The van der Waals surface area contributed by atoms with E-state index < -0.39 is 0 Å². The van der Waals surface area contributed by atoms with Crippen LogP contribution in [0, 0.1) is 5.82 Å². The molecule has 0 aliphatic carbocycles. The number of hydrogen-bond donors (Lipinski definition) is 0. The Morgan fingerprint density at radius 2 is 2.00 bits per heavy atom. The molecule has 1 aliphatic rings. The van der Waals surface area contributed by atoms with Gasteiger partial charge < -0.3 is 9.64 Å². The maximum absolute atomic E-state index is 13.8. The van der Waals surface area contributed by atoms with Crippen molar-refractivity contribution in [2.75, 3.05) is 13.2 Å². The van der Waals surface area contributed by atoms with Gasteiger partial charge in [0, 0.05) is 29.8 Å². The van der Waals surface area contributed by atoms with Gasteiger partial charge in [-0.2, -0.15) is 0 Å². The normalized spacial score (nSPS) is 13.8. The van der Waals surface area contributed by atoms with Crippen molar-refractivity contribution in [1.82, 2.24) is 4.90 Å². The fourth-order valence-electron chi connectivity index (χ4n) is 2.87. The van der Waals surface area contributed by atoms with Crippen molar-refractivity contribution in [3.05, 3.63) is 65.0 Å². The molecule has 0 fully saturated rings. The van der Waals surface area contributed by atoms with E-state index in [4.69, 9.17) is 4.74 Å². The summed E-state index contributed by atoms with van der Waals surface area (Å²) in [6.07, 6.45) is 1.66. The first-order valence-electron chi connectivity index (χ1n) is 7.98. The highest BCUT2D eigenvalue weighted by Gasteiger charge is 2.27. The monoisotopic (exact) mass is 313 g/mol. The van der Waals surface area contributed by atoms with Gasteiger partial charge in [0.2, 0.25) is 0 Å². The molecule has 23 heavy (non-hydrogen) atoms. The van der Waals surface area contributed by atoms with Crippen molar-refractivity contribution >= 4 is 5.91 Å². The summed E-state index contributed by atoms with van der Waals surface area (Å²) in [4.78, 5) is 14.4. The lowest BCUT2D eigenvalue weighted by atomic mass is 9.97. The van der Waals surface area contributed by atoms with E-state index >= 15 is 0 Å². The molecule has 0 N–H and O–H groups in total. The molecule has 0 saturated carbocycles. The Morgan fingerprint density at radius 1 is 1.17 bits per heavy atom. The molecule has 120 valence electrons. The van der Waals surface area contributed by atoms with Gasteiger partial charge in [0.05, 0.1) is 6.61 Å². The summed E-state index contributed by atoms with van der Waals surface area (Å²) in [6, 6.07) is 12.2. The summed E-state index contributed by atoms with van der Waals surface area (Å²) in [5, 5.41) is 0. The number of benzene rings is 2. The van der Waals surface area contributed by atoms with Crippen LogP contribution in [0.5, 0.6) is 5.75 Å². The molecule has 2 aromatic carbocycles. The van der Waals surface area contributed by atoms with Crippen LogP contribution in [-0.4, -0.2) is 24.0 Å². The zero-order valence-electron chi connectivity index (χ0n) is 13.2. The number of fused-ring (bicyclic) bond motifs is 1. The Morgan fingerprint density at radius 3 is 2.78 bits per heavy atom. The van der Waals surface area contributed by atoms with E-state index in [-0.39, 0.29) is 11.7 Å². The first-order chi connectivity index (χ1) is 11.2. The van der Waals surface area contributed by atoms with Crippen LogP contribution in [0.15, 0.2) is 42.5 Å². The smallest absolute Gasteiger partial charge is 0.254 e. The quantitative estimate of drug-likeness (QED) is 0.840. The van der Waals surface area contributed by atoms with E-state index in [1.165, 1.54) is 6.07 Å². The van der Waals surface area contributed by atoms with Crippen LogP contribution in [0.2, 0.25) is 0 Å². The van der Waals surface area contributed by atoms with Gasteiger partial charge in [-0.25, -0.2) is 4.39 Å². The van der Waals surface area contributed by atoms with Crippen LogP contribution in [0.1, 0.15) is 34.8 Å². The average Bonchev–Trinajstić information content (AvgIpc) is 2.57. The van der Waals surface area contributed by atoms with Gasteiger partial charge in [0.15, 0.2) is 0 Å². The predicted molar refractivity (Wildman–Crippen MR) is 87.1 cm³/mol. The van der Waals surface area contributed by atoms with Crippen LogP contribution in [0.25, 0.3) is 0 Å². The minimum Gasteiger partial charge on any atom is -0.493 e. The topological polar surface area (TPSA) is 29.5 Å². The highest BCUT2D eigenvalue weighted by Crippen LogP contribution is 2.29. The van der Waals surface area contributed by atoms with Crippen LogP contribution in [-0.2, 0) is 13.0 Å². The molecule has 0 spiro atoms. The second-order valence-electron chi connectivity index (χ2n) is 5.70. The number of amides is 1. The van der Waals surface area contributed by atoms with Crippen molar-refractivity contribution in [2.45, 2.75) is 26.3 Å². The van der Waals surface area contributed by atoms with Gasteiger partial charge in [-0.05, 0) is 31.0 Å². The number of nitrogens with zero attached hydrogens (tertiary/aromatic N) is 1. The van der Waals surface area contributed by atoms with E-state index in [9.17, 15) is 9.18 Å². The number of carbonyl (C=O) groups is 1. The third-order valence-electron chi connectivity index (χ3n) is 4.06. The lowest BCUT2D eigenvalue weighted by Gasteiger charge is -2.29. The van der Waals surface area contributed by atoms with E-state index in [2.05, 4.69) is 6.92 Å². The Balaban J connectivity index is 1.82. The van der Waals surface area contributed by atoms with Gasteiger partial charge in [-0.3, -0.25) is 4.79 Å². The maximum Gasteiger partial charge on any atom is 0.254 e. The molecule has 3 nitrogen and oxygen atoms in total. The standard InChI is InChI=1S/C19H20FNO2/c1-2-12-23-18-9-5-7-16-15(18)10-11-21(19(16)22)13-14-6-3-4-8-17(14)20/h3-9H,2,10-13H2,1H3. The number of ether oxygens (including phenoxy) is 1. The van der Waals surface area contributed by atoms with Gasteiger partial charge >= 0.3 is 0 Å². The fourth-order valence-corrected chi connectivity index (χ4v) is 2.87. The first kappa shape index (κ1) is 15.5. The first-order valence-corrected chi connectivity index (χ1v) is 7.98. The Bertz CT molecular complexity index is 714. The lowest BCUT2D eigenvalue weighted by Crippen LogP contribution is -2.37. The molecule has 0 saturated heterocycles. The molecule has 0 aromatic heterocycles. The molecule has 2 aromatic rings. The lowest BCUT2D eigenvalue weighted by molar-refractivity contribution is 0.0723. The molecule has 1 amide bonds. The van der Waals surface area contributed by atoms with Gasteiger partial charge in [-0.1, -0.05) is 31.2 Å². The van der Waals surface area contributed by atoms with Crippen LogP contribution >= 0.6 is 0 Å². The van der Waals surface area contributed by atoms with Gasteiger partial charge in [-0.15, -0.1) is 0 Å². The summed E-state index contributed by atoms with van der Waals surface area (Å²) in [5.41, 5.74) is 2.18. The van der Waals surface area contributed by atoms with Crippen molar-refractivity contribution in [2.24, 2.45) is 0 Å². The third kappa shape index (κ3) is 3.21. The minimum atomic E-state index is -0.272. The van der Waals surface area contributed by atoms with Gasteiger partial charge in [0.25, 0.3) is 5.91 Å². The fraction of sp³-hybridized carbons (Fsp3) is 0.316. The Kier molecular flexibility index (Phi) is 4.60. The number of carbonyl (C=O) groups excluding carboxylic acids is 1. The van der Waals surface area contributed by atoms with Gasteiger partial charge in [0.1, 0.15) is 11.6 Å². The van der Waals surface area contributed by atoms with Crippen LogP contribution < -0.4 is 4.74 Å². The molecule has 3 rings (SSSR count). The highest BCUT2D eigenvalue weighted by molar-refractivity contribution is 5.97. The number of rotatable bonds is 5. The largest absolute Gasteiger partial charge is 0.493 e. The minimum absolute atomic E-state index is 0.0588. The Labute approximate surface area is 135 Å². The third-order valence-corrected chi connectivity index (χ3v) is 4.06. The van der Waals surface area contributed by atoms with E-state index in [0.29, 0.717) is 30.8 Å². The van der Waals surface area contributed by atoms with Crippen molar-refractivity contribution < 1.29 is 13.9 Å². The highest BCUT2D eigenvalue weighted by atomic mass is 19.1. The molecular weight excluding hydrogens is 293 g/mol. The number of halogens is 1. The second kappa shape index (κ2) is 6.82. The SMILES string of the molecule is CCCOc1cccc2c1CCN(Cc1ccccc1F)C2=O. The molecule has 0 bridgehead atoms. The van der Waals surface area contributed by atoms with Crippen LogP contribution in [0.4, 0.5) is 4.39 Å². The maximum atomic E-state index is 13.8. The average molecular weight is 313 g/mol. The van der Waals surface area contributed by atoms with E-state index in [1.807, 2.05) is 18.2 Å². The van der Waals surface area contributed by atoms with E-state index in [1.54, 1.807) is 23.1 Å². The second-order valence-corrected chi connectivity index (χ2v) is 5.70. The molecule has 0 unspecified atom stereocenters. The molecule has 1 heterocycles. The summed E-state index contributed by atoms with van der Waals surface area (Å²) in [5.74, 6) is 0.464. The zero-order chi connectivity index (χ0) is 16.2. The van der Waals surface area contributed by atoms with Crippen molar-refractivity contribution in [1.29, 1.82) is 0 Å². The van der Waals surface area contributed by atoms with Crippen LogP contribution in [0.3, 0.4) is 0 Å². The van der Waals surface area contributed by atoms with E-state index in [0.717, 1.165) is 24.2 Å². The summed E-state index contributed by atoms with van der Waals surface area (Å²) < 4.78 is 19.6. The molecule has 1 aliphatic heterocycles. The zero-order valence-corrected chi connectivity index (χ0v) is 13.2. The van der Waals surface area contributed by atoms with Crippen molar-refractivity contribution in [3.8, 4) is 5.75 Å². The predicted octanol–water partition coefficient (Wildman–Crippen LogP) is 3.81. The molecule has 0 radical (unpaired) electrons. The molecule has 0 atom stereocenters. The Hall–Kier alpha value is -2.36.